The van der Waals surface area contributed by atoms with Crippen molar-refractivity contribution in [3.8, 4) is 0 Å². The van der Waals surface area contributed by atoms with Crippen LogP contribution in [0.15, 0.2) is 4.60 Å². The number of aromatic nitrogens is 1. The van der Waals surface area contributed by atoms with Gasteiger partial charge in [-0.2, -0.15) is 0 Å². The summed E-state index contributed by atoms with van der Waals surface area (Å²) >= 11 is 3.90. The molecular formula is C4H4BrClN2O2S. The van der Waals surface area contributed by atoms with E-state index in [2.05, 4.69) is 20.9 Å². The van der Waals surface area contributed by atoms with Crippen molar-refractivity contribution in [2.75, 3.05) is 5.73 Å². The van der Waals surface area contributed by atoms with Gasteiger partial charge in [0.25, 0.3) is 0 Å². The van der Waals surface area contributed by atoms with Crippen LogP contribution in [0, 0.1) is 0 Å². The molecule has 4 nitrogen and oxygen atoms in total. The lowest BCUT2D eigenvalue weighted by Crippen LogP contribution is -1.91. The number of aromatic carboxylic acids is 1. The van der Waals surface area contributed by atoms with E-state index in [1.54, 1.807) is 0 Å². The highest BCUT2D eigenvalue weighted by Crippen LogP contribution is 2.24. The molecule has 1 rings (SSSR count). The normalized spacial score (nSPS) is 8.82. The van der Waals surface area contributed by atoms with Crippen molar-refractivity contribution < 1.29 is 9.90 Å². The number of hydrogen-bond donors (Lipinski definition) is 2. The summed E-state index contributed by atoms with van der Waals surface area (Å²) in [5.41, 5.74) is 5.23. The third kappa shape index (κ3) is 2.32. The van der Waals surface area contributed by atoms with E-state index in [0.717, 1.165) is 11.3 Å². The van der Waals surface area contributed by atoms with Gasteiger partial charge >= 0.3 is 5.97 Å². The zero-order valence-corrected chi connectivity index (χ0v) is 8.29. The second-order valence-electron chi connectivity index (χ2n) is 1.48. The summed E-state index contributed by atoms with van der Waals surface area (Å²) in [6.07, 6.45) is 0. The van der Waals surface area contributed by atoms with Crippen LogP contribution >= 0.6 is 39.7 Å². The number of hydrogen-bond acceptors (Lipinski definition) is 4. The number of nitrogens with zero attached hydrogens (tertiary/aromatic N) is 1. The quantitative estimate of drug-likeness (QED) is 0.803. The number of halogens is 2. The maximum atomic E-state index is 10.3. The van der Waals surface area contributed by atoms with E-state index in [-0.39, 0.29) is 22.4 Å². The van der Waals surface area contributed by atoms with Crippen LogP contribution < -0.4 is 5.73 Å². The SMILES string of the molecule is Cl.Nc1nc(Br)c(C(=O)O)s1. The zero-order chi connectivity index (χ0) is 7.72. The number of rotatable bonds is 1. The number of thiazole rings is 1. The van der Waals surface area contributed by atoms with Crippen molar-refractivity contribution in [3.63, 3.8) is 0 Å². The van der Waals surface area contributed by atoms with E-state index in [1.807, 2.05) is 0 Å². The summed E-state index contributed by atoms with van der Waals surface area (Å²) in [4.78, 5) is 14.1. The summed E-state index contributed by atoms with van der Waals surface area (Å²) in [6.45, 7) is 0. The summed E-state index contributed by atoms with van der Waals surface area (Å²) in [5, 5.41) is 8.72. The lowest BCUT2D eigenvalue weighted by molar-refractivity contribution is 0.0701. The predicted octanol–water partition coefficient (Wildman–Crippen LogP) is 1.61. The largest absolute Gasteiger partial charge is 0.477 e. The Balaban J connectivity index is 0.000001000. The van der Waals surface area contributed by atoms with Crippen molar-refractivity contribution in [2.45, 2.75) is 0 Å². The van der Waals surface area contributed by atoms with E-state index < -0.39 is 5.97 Å². The molecule has 0 fully saturated rings. The Labute approximate surface area is 81.0 Å². The molecule has 11 heavy (non-hydrogen) atoms. The van der Waals surface area contributed by atoms with Gasteiger partial charge in [0, 0.05) is 0 Å². The minimum Gasteiger partial charge on any atom is -0.477 e. The van der Waals surface area contributed by atoms with E-state index in [4.69, 9.17) is 10.8 Å². The summed E-state index contributed by atoms with van der Waals surface area (Å²) < 4.78 is 0.294. The van der Waals surface area contributed by atoms with E-state index >= 15 is 0 Å². The lowest BCUT2D eigenvalue weighted by atomic mass is 10.6. The molecule has 0 aromatic carbocycles. The third-order valence-electron chi connectivity index (χ3n) is 0.797. The summed E-state index contributed by atoms with van der Waals surface area (Å²) in [7, 11) is 0. The van der Waals surface area contributed by atoms with Gasteiger partial charge in [-0.05, 0) is 15.9 Å². The van der Waals surface area contributed by atoms with Gasteiger partial charge in [0.05, 0.1) is 0 Å². The molecule has 0 aliphatic heterocycles. The second-order valence-corrected chi connectivity index (χ2v) is 3.26. The second kappa shape index (κ2) is 3.89. The molecule has 0 amide bonds. The number of carboxylic acids is 1. The molecule has 0 unspecified atom stereocenters. The standard InChI is InChI=1S/C4H3BrN2O2S.ClH/c5-2-1(3(8)9)10-4(6)7-2;/h(H2,6,7)(H,8,9);1H. The maximum absolute atomic E-state index is 10.3. The Morgan fingerprint density at radius 3 is 2.45 bits per heavy atom. The van der Waals surface area contributed by atoms with Crippen LogP contribution in [0.3, 0.4) is 0 Å². The Hall–Kier alpha value is -0.330. The fraction of sp³-hybridized carbons (Fsp3) is 0. The van der Waals surface area contributed by atoms with Gasteiger partial charge in [-0.1, -0.05) is 11.3 Å². The Morgan fingerprint density at radius 1 is 1.73 bits per heavy atom. The molecule has 0 saturated heterocycles. The van der Waals surface area contributed by atoms with Gasteiger partial charge in [-0.25, -0.2) is 9.78 Å². The minimum absolute atomic E-state index is 0. The molecule has 1 heterocycles. The zero-order valence-electron chi connectivity index (χ0n) is 5.07. The van der Waals surface area contributed by atoms with Crippen LogP contribution in [0.1, 0.15) is 9.67 Å². The molecule has 7 heteroatoms. The summed E-state index contributed by atoms with van der Waals surface area (Å²) in [5.74, 6) is -1.01. The molecule has 0 bridgehead atoms. The highest BCUT2D eigenvalue weighted by atomic mass is 79.9. The van der Waals surface area contributed by atoms with Crippen LogP contribution in [-0.2, 0) is 0 Å². The van der Waals surface area contributed by atoms with Crippen LogP contribution in [0.4, 0.5) is 5.13 Å². The molecule has 3 N–H and O–H groups in total. The Kier molecular flexibility index (Phi) is 3.77. The molecule has 62 valence electrons. The van der Waals surface area contributed by atoms with Crippen LogP contribution in [0.2, 0.25) is 0 Å². The number of nitrogens with two attached hydrogens (primary N) is 1. The van der Waals surface area contributed by atoms with E-state index in [0.29, 0.717) is 4.60 Å². The van der Waals surface area contributed by atoms with Gasteiger partial charge < -0.3 is 10.8 Å². The van der Waals surface area contributed by atoms with Crippen molar-refractivity contribution in [2.24, 2.45) is 0 Å². The van der Waals surface area contributed by atoms with Crippen LogP contribution in [0.5, 0.6) is 0 Å². The van der Waals surface area contributed by atoms with Gasteiger partial charge in [0.15, 0.2) is 5.13 Å². The van der Waals surface area contributed by atoms with Gasteiger partial charge in [-0.15, -0.1) is 12.4 Å². The smallest absolute Gasteiger partial charge is 0.348 e. The molecule has 0 spiro atoms. The topological polar surface area (TPSA) is 76.2 Å². The number of anilines is 1. The summed E-state index contributed by atoms with van der Waals surface area (Å²) in [6, 6.07) is 0. The first-order chi connectivity index (χ1) is 4.61. The minimum atomic E-state index is -1.01. The van der Waals surface area contributed by atoms with Crippen molar-refractivity contribution in [1.29, 1.82) is 0 Å². The predicted molar refractivity (Wildman–Crippen MR) is 48.4 cm³/mol. The Morgan fingerprint density at radius 2 is 2.27 bits per heavy atom. The molecule has 0 radical (unpaired) electrons. The highest BCUT2D eigenvalue weighted by Gasteiger charge is 2.12. The Bertz CT molecular complexity index is 277. The van der Waals surface area contributed by atoms with Gasteiger partial charge in [0.2, 0.25) is 0 Å². The van der Waals surface area contributed by atoms with Crippen LogP contribution in [0.25, 0.3) is 0 Å². The first-order valence-electron chi connectivity index (χ1n) is 2.26. The fourth-order valence-corrected chi connectivity index (χ4v) is 1.73. The van der Waals surface area contributed by atoms with Crippen molar-refractivity contribution in [3.05, 3.63) is 9.48 Å². The van der Waals surface area contributed by atoms with Gasteiger partial charge in [0.1, 0.15) is 9.48 Å². The first kappa shape index (κ1) is 10.7. The van der Waals surface area contributed by atoms with E-state index in [9.17, 15) is 4.79 Å². The molecule has 0 atom stereocenters. The fourth-order valence-electron chi connectivity index (χ4n) is 0.449. The molecule has 0 aliphatic rings. The van der Waals surface area contributed by atoms with Crippen molar-refractivity contribution >= 4 is 50.8 Å². The average molecular weight is 260 g/mol. The highest BCUT2D eigenvalue weighted by molar-refractivity contribution is 9.10. The number of nitrogen functional groups attached to an aromatic ring is 1. The molecule has 1 aromatic heterocycles. The van der Waals surface area contributed by atoms with E-state index in [1.165, 1.54) is 0 Å². The lowest BCUT2D eigenvalue weighted by Gasteiger charge is -1.82. The van der Waals surface area contributed by atoms with Crippen molar-refractivity contribution in [1.82, 2.24) is 4.98 Å². The maximum Gasteiger partial charge on any atom is 0.348 e. The molecule has 1 aromatic rings. The van der Waals surface area contributed by atoms with Crippen LogP contribution in [-0.4, -0.2) is 16.1 Å². The molecular weight excluding hydrogens is 255 g/mol. The number of carbonyl (C=O) groups is 1. The third-order valence-corrected chi connectivity index (χ3v) is 2.51. The first-order valence-corrected chi connectivity index (χ1v) is 3.87. The monoisotopic (exact) mass is 258 g/mol. The number of carboxylic acid groups (broad SMARTS) is 1. The molecule has 0 aliphatic carbocycles. The van der Waals surface area contributed by atoms with Gasteiger partial charge in [-0.3, -0.25) is 0 Å². The molecule has 0 saturated carbocycles. The average Bonchev–Trinajstić information content (AvgIpc) is 2.10.